The normalized spacial score (nSPS) is 41.4. The van der Waals surface area contributed by atoms with Crippen LogP contribution in [0.2, 0.25) is 0 Å². The van der Waals surface area contributed by atoms with Gasteiger partial charge in [0.1, 0.15) is 12.4 Å². The lowest BCUT2D eigenvalue weighted by Crippen LogP contribution is -2.69. The van der Waals surface area contributed by atoms with Gasteiger partial charge in [0.25, 0.3) is 0 Å². The number of hydrogen-bond donors (Lipinski definition) is 2. The molecule has 7 rings (SSSR count). The number of ether oxygens (including phenoxy) is 2. The number of benzene rings is 2. The van der Waals surface area contributed by atoms with Crippen LogP contribution in [0.25, 0.3) is 0 Å². The Bertz CT molecular complexity index is 1540. The van der Waals surface area contributed by atoms with Gasteiger partial charge in [-0.3, -0.25) is 9.59 Å². The maximum Gasteiger partial charge on any atom is 0.193 e. The highest BCUT2D eigenvalue weighted by Gasteiger charge is 2.79. The van der Waals surface area contributed by atoms with Crippen LogP contribution < -0.4 is 0 Å². The Balaban J connectivity index is 1.23. The first-order chi connectivity index (χ1) is 20.5. The smallest absolute Gasteiger partial charge is 0.193 e. The monoisotopic (exact) mass is 590 g/mol. The number of alkyl halides is 1. The average molecular weight is 591 g/mol. The minimum Gasteiger partial charge on any atom is -0.390 e. The van der Waals surface area contributed by atoms with Gasteiger partial charge in [0.2, 0.25) is 0 Å². The summed E-state index contributed by atoms with van der Waals surface area (Å²) in [6, 6.07) is 17.8. The third kappa shape index (κ3) is 3.76. The summed E-state index contributed by atoms with van der Waals surface area (Å²) < 4.78 is 46.2. The molecule has 0 spiro atoms. The van der Waals surface area contributed by atoms with Crippen LogP contribution in [0.15, 0.2) is 78.1 Å². The van der Waals surface area contributed by atoms with Crippen LogP contribution in [0.5, 0.6) is 0 Å². The molecule has 6 nitrogen and oxygen atoms in total. The summed E-state index contributed by atoms with van der Waals surface area (Å²) in [6.45, 7) is 2.52. The molecule has 0 amide bonds. The highest BCUT2D eigenvalue weighted by atomic mass is 19.1. The van der Waals surface area contributed by atoms with Crippen molar-refractivity contribution in [2.45, 2.75) is 75.7 Å². The highest BCUT2D eigenvalue weighted by Crippen LogP contribution is 2.72. The molecule has 2 aromatic rings. The molecule has 0 radical (unpaired) electrons. The van der Waals surface area contributed by atoms with E-state index < -0.39 is 70.7 Å². The van der Waals surface area contributed by atoms with E-state index in [1.807, 2.05) is 42.5 Å². The van der Waals surface area contributed by atoms with E-state index in [9.17, 15) is 19.8 Å². The number of allylic oxidation sites excluding steroid dienone is 4. The lowest BCUT2D eigenvalue weighted by molar-refractivity contribution is -0.229. The van der Waals surface area contributed by atoms with Crippen molar-refractivity contribution in [3.05, 3.63) is 94.8 Å². The summed E-state index contributed by atoms with van der Waals surface area (Å²) in [7, 11) is 0. The van der Waals surface area contributed by atoms with E-state index in [2.05, 4.69) is 12.1 Å². The lowest BCUT2D eigenvalue weighted by atomic mass is 9.45. The van der Waals surface area contributed by atoms with Gasteiger partial charge in [-0.1, -0.05) is 67.6 Å². The molecule has 1 heterocycles. The topological polar surface area (TPSA) is 93.1 Å². The van der Waals surface area contributed by atoms with Crippen LogP contribution in [0, 0.1) is 22.7 Å². The van der Waals surface area contributed by atoms with Gasteiger partial charge in [0, 0.05) is 35.2 Å². The maximum atomic E-state index is 17.5. The van der Waals surface area contributed by atoms with E-state index >= 15 is 8.78 Å². The molecule has 226 valence electrons. The van der Waals surface area contributed by atoms with Crippen molar-refractivity contribution in [3.8, 4) is 0 Å². The number of halogens is 2. The molecule has 43 heavy (non-hydrogen) atoms. The second kappa shape index (κ2) is 9.73. The average Bonchev–Trinajstić information content (AvgIpc) is 3.49. The SMILES string of the molecule is C[C@]12C=CC(=O)CC1=C(F)C[C@H]1[C@@H]3C[C@H]4O[C@@H](c5ccc(Cc6ccccc6)cc5)O[C@@]4(C(=O)CO)[C@@]3(C)C[C@H](O)[C@@]12F. The minimum atomic E-state index is -2.27. The molecule has 2 saturated carbocycles. The van der Waals surface area contributed by atoms with E-state index in [0.717, 1.165) is 12.0 Å². The van der Waals surface area contributed by atoms with Gasteiger partial charge in [0.15, 0.2) is 29.1 Å². The third-order valence-electron chi connectivity index (χ3n) is 11.5. The lowest BCUT2D eigenvalue weighted by Gasteiger charge is -2.62. The zero-order valence-corrected chi connectivity index (χ0v) is 24.3. The molecule has 8 heteroatoms. The Kier molecular flexibility index (Phi) is 6.50. The molecule has 0 unspecified atom stereocenters. The largest absolute Gasteiger partial charge is 0.390 e. The predicted molar refractivity (Wildman–Crippen MR) is 153 cm³/mol. The number of fused-ring (bicyclic) bond motifs is 7. The van der Waals surface area contributed by atoms with Crippen LogP contribution in [0.4, 0.5) is 8.78 Å². The van der Waals surface area contributed by atoms with Crippen LogP contribution >= 0.6 is 0 Å². The molecule has 2 N–H and O–H groups in total. The van der Waals surface area contributed by atoms with Crippen LogP contribution in [0.3, 0.4) is 0 Å². The van der Waals surface area contributed by atoms with Gasteiger partial charge in [0.05, 0.1) is 12.2 Å². The third-order valence-corrected chi connectivity index (χ3v) is 11.5. The minimum absolute atomic E-state index is 0.0871. The fraction of sp³-hybridized carbons (Fsp3) is 0.486. The van der Waals surface area contributed by atoms with E-state index in [0.29, 0.717) is 5.56 Å². The summed E-state index contributed by atoms with van der Waals surface area (Å²) in [6.07, 6.45) is -0.325. The standard InChI is InChI=1S/C35H36F2O6/c1-32-13-12-23(39)15-26(32)27(36)16-25-24-17-30-35(29(41)19-38,33(24,2)18-28(40)34(25,32)37)43-31(42-30)22-10-8-21(9-11-22)14-20-6-4-3-5-7-20/h3-13,24-25,28,30-31,38,40H,14-19H2,1-2H3/t24-,25-,28-,30+,31+,32-,33-,34-,35+/m0/s1. The Hall–Kier alpha value is -3.04. The van der Waals surface area contributed by atoms with Gasteiger partial charge in [-0.05, 0) is 54.9 Å². The van der Waals surface area contributed by atoms with Crippen LogP contribution in [-0.2, 0) is 25.5 Å². The number of rotatable bonds is 5. The van der Waals surface area contributed by atoms with Crippen molar-refractivity contribution in [1.29, 1.82) is 0 Å². The van der Waals surface area contributed by atoms with Gasteiger partial charge in [-0.15, -0.1) is 0 Å². The fourth-order valence-corrected chi connectivity index (χ4v) is 9.31. The Morgan fingerprint density at radius 3 is 2.44 bits per heavy atom. The summed E-state index contributed by atoms with van der Waals surface area (Å²) in [5.74, 6) is -3.02. The quantitative estimate of drug-likeness (QED) is 0.493. The first-order valence-corrected chi connectivity index (χ1v) is 15.0. The summed E-state index contributed by atoms with van der Waals surface area (Å²) >= 11 is 0. The number of aliphatic hydroxyl groups excluding tert-OH is 2. The summed E-state index contributed by atoms with van der Waals surface area (Å²) in [5, 5.41) is 21.8. The molecule has 5 aliphatic rings. The predicted octanol–water partition coefficient (Wildman–Crippen LogP) is 5.27. The van der Waals surface area contributed by atoms with E-state index in [1.165, 1.54) is 17.7 Å². The van der Waals surface area contributed by atoms with Crippen molar-refractivity contribution >= 4 is 11.6 Å². The molecular weight excluding hydrogens is 554 g/mol. The molecule has 0 aromatic heterocycles. The second-order valence-corrected chi connectivity index (χ2v) is 13.4. The number of carbonyl (C=O) groups excluding carboxylic acids is 2. The van der Waals surface area contributed by atoms with Crippen molar-refractivity contribution in [1.82, 2.24) is 0 Å². The number of Topliss-reactive ketones (excluding diaryl/α,β-unsaturated/α-hetero) is 1. The van der Waals surface area contributed by atoms with Gasteiger partial charge in [-0.2, -0.15) is 0 Å². The van der Waals surface area contributed by atoms with Crippen LogP contribution in [0.1, 0.15) is 62.5 Å². The van der Waals surface area contributed by atoms with Crippen molar-refractivity contribution in [2.24, 2.45) is 22.7 Å². The molecular formula is C35H36F2O6. The Morgan fingerprint density at radius 1 is 1.05 bits per heavy atom. The summed E-state index contributed by atoms with van der Waals surface area (Å²) in [5.41, 5.74) is -3.52. The number of carbonyl (C=O) groups is 2. The molecule has 1 saturated heterocycles. The molecule has 3 fully saturated rings. The maximum absolute atomic E-state index is 17.5. The number of ketones is 2. The van der Waals surface area contributed by atoms with E-state index in [-0.39, 0.29) is 37.0 Å². The van der Waals surface area contributed by atoms with Crippen LogP contribution in [-0.4, -0.2) is 51.9 Å². The summed E-state index contributed by atoms with van der Waals surface area (Å²) in [4.78, 5) is 25.8. The van der Waals surface area contributed by atoms with Crippen molar-refractivity contribution in [3.63, 3.8) is 0 Å². The molecule has 0 bridgehead atoms. The Morgan fingerprint density at radius 2 is 1.74 bits per heavy atom. The van der Waals surface area contributed by atoms with E-state index in [4.69, 9.17) is 9.47 Å². The zero-order valence-electron chi connectivity index (χ0n) is 24.3. The first-order valence-electron chi connectivity index (χ1n) is 15.0. The fourth-order valence-electron chi connectivity index (χ4n) is 9.31. The molecule has 1 aliphatic heterocycles. The van der Waals surface area contributed by atoms with Gasteiger partial charge < -0.3 is 19.7 Å². The number of hydrogen-bond acceptors (Lipinski definition) is 6. The molecule has 2 aromatic carbocycles. The first kappa shape index (κ1) is 28.7. The van der Waals surface area contributed by atoms with E-state index in [1.54, 1.807) is 13.8 Å². The number of aliphatic hydroxyl groups is 2. The van der Waals surface area contributed by atoms with Gasteiger partial charge in [-0.25, -0.2) is 8.78 Å². The van der Waals surface area contributed by atoms with Crippen molar-refractivity contribution < 1.29 is 38.1 Å². The highest BCUT2D eigenvalue weighted by molar-refractivity contribution is 5.94. The second-order valence-electron chi connectivity index (χ2n) is 13.4. The molecule has 9 atom stereocenters. The van der Waals surface area contributed by atoms with Gasteiger partial charge >= 0.3 is 0 Å². The molecule has 4 aliphatic carbocycles. The zero-order chi connectivity index (χ0) is 30.4. The Labute approximate surface area is 249 Å². The van der Waals surface area contributed by atoms with Crippen molar-refractivity contribution in [2.75, 3.05) is 6.61 Å².